The molecule has 2 aliphatic rings. The molecule has 19 heavy (non-hydrogen) atoms. The van der Waals surface area contributed by atoms with Gasteiger partial charge < -0.3 is 14.4 Å². The van der Waals surface area contributed by atoms with Crippen molar-refractivity contribution in [2.45, 2.75) is 18.6 Å². The molecule has 2 aliphatic heterocycles. The largest absolute Gasteiger partial charge is 0.347 e. The molecule has 0 aromatic heterocycles. The van der Waals surface area contributed by atoms with Gasteiger partial charge in [0, 0.05) is 29.5 Å². The molecule has 0 aliphatic carbocycles. The lowest BCUT2D eigenvalue weighted by Crippen LogP contribution is -2.47. The molecule has 2 fully saturated rings. The molecule has 3 rings (SSSR count). The number of rotatable bonds is 1. The van der Waals surface area contributed by atoms with Crippen molar-refractivity contribution in [1.29, 1.82) is 0 Å². The fourth-order valence-electron chi connectivity index (χ4n) is 2.64. The minimum atomic E-state index is -0.416. The Labute approximate surface area is 126 Å². The first-order valence-electron chi connectivity index (χ1n) is 6.52. The Balaban J connectivity index is 1.68. The fourth-order valence-corrected chi connectivity index (χ4v) is 3.26. The van der Waals surface area contributed by atoms with Gasteiger partial charge in [0.1, 0.15) is 0 Å². The zero-order chi connectivity index (χ0) is 13.3. The Bertz CT molecular complexity index is 475. The molecular weight excluding hydrogens is 357 g/mol. The van der Waals surface area contributed by atoms with Gasteiger partial charge in [-0.25, -0.2) is 0 Å². The minimum Gasteiger partial charge on any atom is -0.347 e. The zero-order valence-electron chi connectivity index (χ0n) is 10.6. The van der Waals surface area contributed by atoms with E-state index in [1.165, 1.54) is 0 Å². The van der Waals surface area contributed by atoms with Crippen LogP contribution in [0, 0.1) is 3.57 Å². The Hall–Kier alpha value is -0.660. The van der Waals surface area contributed by atoms with Crippen molar-refractivity contribution in [1.82, 2.24) is 4.90 Å². The summed E-state index contributed by atoms with van der Waals surface area (Å²) in [6.45, 7) is 2.74. The highest BCUT2D eigenvalue weighted by molar-refractivity contribution is 14.1. The van der Waals surface area contributed by atoms with Crippen molar-refractivity contribution in [2.24, 2.45) is 0 Å². The molecule has 0 radical (unpaired) electrons. The lowest BCUT2D eigenvalue weighted by Gasteiger charge is -2.37. The van der Waals surface area contributed by atoms with E-state index < -0.39 is 5.79 Å². The van der Waals surface area contributed by atoms with E-state index in [0.717, 1.165) is 22.0 Å². The quantitative estimate of drug-likeness (QED) is 0.709. The number of likely N-dealkylation sites (tertiary alicyclic amines) is 1. The first-order chi connectivity index (χ1) is 9.20. The number of carbonyl (C=O) groups excluding carboxylic acids is 1. The van der Waals surface area contributed by atoms with Gasteiger partial charge in [0.25, 0.3) is 5.91 Å². The highest BCUT2D eigenvalue weighted by Gasteiger charge is 2.40. The van der Waals surface area contributed by atoms with Crippen LogP contribution in [0.25, 0.3) is 0 Å². The summed E-state index contributed by atoms with van der Waals surface area (Å²) in [4.78, 5) is 14.4. The Morgan fingerprint density at radius 1 is 1.16 bits per heavy atom. The first-order valence-corrected chi connectivity index (χ1v) is 7.60. The average Bonchev–Trinajstić information content (AvgIpc) is 2.88. The number of piperidine rings is 1. The van der Waals surface area contributed by atoms with E-state index in [4.69, 9.17) is 9.47 Å². The van der Waals surface area contributed by atoms with Gasteiger partial charge in [0.2, 0.25) is 0 Å². The fraction of sp³-hybridized carbons (Fsp3) is 0.500. The first kappa shape index (κ1) is 13.3. The van der Waals surface area contributed by atoms with Gasteiger partial charge in [-0.15, -0.1) is 0 Å². The second-order valence-electron chi connectivity index (χ2n) is 4.88. The molecule has 0 saturated carbocycles. The van der Waals surface area contributed by atoms with Gasteiger partial charge in [0.05, 0.1) is 18.8 Å². The lowest BCUT2D eigenvalue weighted by atomic mass is 10.0. The number of amides is 1. The molecule has 2 saturated heterocycles. The van der Waals surface area contributed by atoms with E-state index in [2.05, 4.69) is 22.6 Å². The molecule has 4 nitrogen and oxygen atoms in total. The third-order valence-electron chi connectivity index (χ3n) is 3.73. The molecule has 1 amide bonds. The second kappa shape index (κ2) is 5.38. The van der Waals surface area contributed by atoms with E-state index in [1.807, 2.05) is 29.2 Å². The standard InChI is InChI=1S/C14H16INO3/c15-12-4-2-1-3-11(12)13(17)16-7-5-14(6-8-16)18-9-10-19-14/h1-4H,5-10H2. The van der Waals surface area contributed by atoms with E-state index in [9.17, 15) is 4.79 Å². The molecule has 0 bridgehead atoms. The maximum atomic E-state index is 12.5. The highest BCUT2D eigenvalue weighted by atomic mass is 127. The Morgan fingerprint density at radius 2 is 1.79 bits per heavy atom. The number of carbonyl (C=O) groups is 1. The summed E-state index contributed by atoms with van der Waals surface area (Å²) < 4.78 is 12.4. The van der Waals surface area contributed by atoms with E-state index >= 15 is 0 Å². The summed E-state index contributed by atoms with van der Waals surface area (Å²) in [6.07, 6.45) is 1.53. The van der Waals surface area contributed by atoms with Crippen LogP contribution in [0.3, 0.4) is 0 Å². The number of hydrogen-bond acceptors (Lipinski definition) is 3. The van der Waals surface area contributed by atoms with Crippen LogP contribution in [0.2, 0.25) is 0 Å². The maximum Gasteiger partial charge on any atom is 0.254 e. The summed E-state index contributed by atoms with van der Waals surface area (Å²) in [7, 11) is 0. The summed E-state index contributed by atoms with van der Waals surface area (Å²) in [5.74, 6) is -0.307. The predicted molar refractivity (Wildman–Crippen MR) is 78.9 cm³/mol. The monoisotopic (exact) mass is 373 g/mol. The van der Waals surface area contributed by atoms with E-state index in [-0.39, 0.29) is 5.91 Å². The summed E-state index contributed by atoms with van der Waals surface area (Å²) in [5, 5.41) is 0. The molecule has 0 atom stereocenters. The number of halogens is 1. The molecule has 5 heteroatoms. The molecule has 0 N–H and O–H groups in total. The van der Waals surface area contributed by atoms with Crippen molar-refractivity contribution in [2.75, 3.05) is 26.3 Å². The molecule has 2 heterocycles. The normalized spacial score (nSPS) is 21.8. The predicted octanol–water partition coefficient (Wildman–Crippen LogP) is 2.27. The number of ether oxygens (including phenoxy) is 2. The topological polar surface area (TPSA) is 38.8 Å². The number of nitrogens with zero attached hydrogens (tertiary/aromatic N) is 1. The molecule has 0 unspecified atom stereocenters. The summed E-state index contributed by atoms with van der Waals surface area (Å²) >= 11 is 2.21. The molecule has 1 spiro atoms. The molecule has 1 aromatic carbocycles. The van der Waals surface area contributed by atoms with Crippen molar-refractivity contribution in [3.8, 4) is 0 Å². The van der Waals surface area contributed by atoms with Gasteiger partial charge in [-0.1, -0.05) is 12.1 Å². The van der Waals surface area contributed by atoms with E-state index in [1.54, 1.807) is 0 Å². The van der Waals surface area contributed by atoms with E-state index in [0.29, 0.717) is 26.3 Å². The van der Waals surface area contributed by atoms with Gasteiger partial charge in [-0.3, -0.25) is 4.79 Å². The van der Waals surface area contributed by atoms with Gasteiger partial charge in [-0.05, 0) is 34.7 Å². The van der Waals surface area contributed by atoms with Crippen LogP contribution < -0.4 is 0 Å². The van der Waals surface area contributed by atoms with Crippen LogP contribution in [0.4, 0.5) is 0 Å². The van der Waals surface area contributed by atoms with Crippen molar-refractivity contribution in [3.63, 3.8) is 0 Å². The second-order valence-corrected chi connectivity index (χ2v) is 6.04. The Kier molecular flexibility index (Phi) is 3.77. The van der Waals surface area contributed by atoms with Crippen molar-refractivity contribution >= 4 is 28.5 Å². The van der Waals surface area contributed by atoms with Gasteiger partial charge in [0.15, 0.2) is 5.79 Å². The maximum absolute atomic E-state index is 12.5. The van der Waals surface area contributed by atoms with Crippen LogP contribution in [-0.4, -0.2) is 42.9 Å². The molecule has 102 valence electrons. The molecule has 1 aromatic rings. The third kappa shape index (κ3) is 2.64. The SMILES string of the molecule is O=C(c1ccccc1I)N1CCC2(CC1)OCCO2. The summed E-state index contributed by atoms with van der Waals surface area (Å²) in [6, 6.07) is 7.70. The third-order valence-corrected chi connectivity index (χ3v) is 4.67. The van der Waals surface area contributed by atoms with Crippen molar-refractivity contribution in [3.05, 3.63) is 33.4 Å². The average molecular weight is 373 g/mol. The van der Waals surface area contributed by atoms with Crippen LogP contribution in [0.1, 0.15) is 23.2 Å². The summed E-state index contributed by atoms with van der Waals surface area (Å²) in [5.41, 5.74) is 0.785. The van der Waals surface area contributed by atoms with Crippen LogP contribution in [-0.2, 0) is 9.47 Å². The van der Waals surface area contributed by atoms with Crippen LogP contribution in [0.5, 0.6) is 0 Å². The zero-order valence-corrected chi connectivity index (χ0v) is 12.8. The van der Waals surface area contributed by atoms with Crippen LogP contribution in [0.15, 0.2) is 24.3 Å². The lowest BCUT2D eigenvalue weighted by molar-refractivity contribution is -0.181. The smallest absolute Gasteiger partial charge is 0.254 e. The Morgan fingerprint density at radius 3 is 2.42 bits per heavy atom. The van der Waals surface area contributed by atoms with Gasteiger partial charge in [-0.2, -0.15) is 0 Å². The van der Waals surface area contributed by atoms with Crippen LogP contribution >= 0.6 is 22.6 Å². The number of benzene rings is 1. The number of hydrogen-bond donors (Lipinski definition) is 0. The van der Waals surface area contributed by atoms with Gasteiger partial charge >= 0.3 is 0 Å². The van der Waals surface area contributed by atoms with Crippen molar-refractivity contribution < 1.29 is 14.3 Å². The molecular formula is C14H16INO3. The highest BCUT2D eigenvalue weighted by Crippen LogP contribution is 2.31. The minimum absolute atomic E-state index is 0.109.